The van der Waals surface area contributed by atoms with Crippen molar-refractivity contribution in [1.82, 2.24) is 9.88 Å². The Balaban J connectivity index is 0.00000261. The molecule has 9 heteroatoms. The zero-order valence-electron chi connectivity index (χ0n) is 14.6. The number of aromatic nitrogens is 1. The molecular formula is C18H17ClF3N3OS. The van der Waals surface area contributed by atoms with E-state index in [1.807, 2.05) is 19.0 Å². The summed E-state index contributed by atoms with van der Waals surface area (Å²) in [5, 5.41) is 0.264. The van der Waals surface area contributed by atoms with Gasteiger partial charge in [0.15, 0.2) is 5.13 Å². The zero-order chi connectivity index (χ0) is 18.8. The summed E-state index contributed by atoms with van der Waals surface area (Å²) in [6.07, 6.45) is 0. The molecule has 0 saturated heterocycles. The van der Waals surface area contributed by atoms with Crippen LogP contribution in [-0.2, 0) is 0 Å². The second kappa shape index (κ2) is 8.69. The standard InChI is InChI=1S/C18H16F3N3OS.ClH/c1-23(2)8-9-24(17(25)16-12(20)4-3-5-13(16)21)18-22-14-7-6-11(19)10-15(14)26-18;/h3-7,10H,8-9H2,1-2H3;1H. The maximum Gasteiger partial charge on any atom is 0.266 e. The average molecular weight is 416 g/mol. The lowest BCUT2D eigenvalue weighted by atomic mass is 10.1. The monoisotopic (exact) mass is 415 g/mol. The summed E-state index contributed by atoms with van der Waals surface area (Å²) in [4.78, 5) is 20.3. The Morgan fingerprint density at radius 3 is 2.37 bits per heavy atom. The quantitative estimate of drug-likeness (QED) is 0.621. The summed E-state index contributed by atoms with van der Waals surface area (Å²) in [5.74, 6) is -3.10. The fraction of sp³-hybridized carbons (Fsp3) is 0.222. The molecule has 0 spiro atoms. The van der Waals surface area contributed by atoms with E-state index in [2.05, 4.69) is 4.98 Å². The number of amides is 1. The second-order valence-corrected chi connectivity index (χ2v) is 6.97. The maximum atomic E-state index is 14.1. The third kappa shape index (κ3) is 4.58. The molecule has 0 fully saturated rings. The van der Waals surface area contributed by atoms with Gasteiger partial charge in [-0.15, -0.1) is 12.4 Å². The first-order valence-corrected chi connectivity index (χ1v) is 8.65. The smallest absolute Gasteiger partial charge is 0.266 e. The number of likely N-dealkylation sites (N-methyl/N-ethyl adjacent to an activating group) is 1. The number of carbonyl (C=O) groups excluding carboxylic acids is 1. The van der Waals surface area contributed by atoms with Gasteiger partial charge in [-0.1, -0.05) is 17.4 Å². The first kappa shape index (κ1) is 21.1. The fourth-order valence-corrected chi connectivity index (χ4v) is 3.44. The van der Waals surface area contributed by atoms with Crippen molar-refractivity contribution in [3.05, 3.63) is 59.4 Å². The van der Waals surface area contributed by atoms with Crippen molar-refractivity contribution in [1.29, 1.82) is 0 Å². The molecule has 0 aliphatic carbocycles. The van der Waals surface area contributed by atoms with Crippen molar-refractivity contribution in [2.75, 3.05) is 32.1 Å². The topological polar surface area (TPSA) is 36.4 Å². The Labute approximate surface area is 164 Å². The van der Waals surface area contributed by atoms with Gasteiger partial charge in [0, 0.05) is 13.1 Å². The van der Waals surface area contributed by atoms with E-state index in [1.165, 1.54) is 29.2 Å². The van der Waals surface area contributed by atoms with E-state index in [1.54, 1.807) is 0 Å². The van der Waals surface area contributed by atoms with E-state index in [9.17, 15) is 18.0 Å². The molecule has 0 bridgehead atoms. The average Bonchev–Trinajstić information content (AvgIpc) is 2.97. The van der Waals surface area contributed by atoms with Gasteiger partial charge in [0.05, 0.1) is 10.2 Å². The third-order valence-electron chi connectivity index (χ3n) is 3.76. The first-order chi connectivity index (χ1) is 12.4. The summed E-state index contributed by atoms with van der Waals surface area (Å²) in [5.41, 5.74) is -0.111. The van der Waals surface area contributed by atoms with Gasteiger partial charge < -0.3 is 4.90 Å². The van der Waals surface area contributed by atoms with Crippen LogP contribution >= 0.6 is 23.7 Å². The van der Waals surface area contributed by atoms with Gasteiger partial charge in [-0.3, -0.25) is 9.69 Å². The molecule has 0 N–H and O–H groups in total. The number of anilines is 1. The SMILES string of the molecule is CN(C)CCN(C(=O)c1c(F)cccc1F)c1nc2ccc(F)cc2s1.Cl. The van der Waals surface area contributed by atoms with Gasteiger partial charge in [0.1, 0.15) is 23.0 Å². The van der Waals surface area contributed by atoms with Crippen LogP contribution < -0.4 is 4.90 Å². The molecule has 144 valence electrons. The van der Waals surface area contributed by atoms with E-state index >= 15 is 0 Å². The number of hydrogen-bond acceptors (Lipinski definition) is 4. The fourth-order valence-electron chi connectivity index (χ4n) is 2.42. The van der Waals surface area contributed by atoms with Crippen molar-refractivity contribution >= 4 is 45.0 Å². The maximum absolute atomic E-state index is 14.1. The Morgan fingerprint density at radius 1 is 1.07 bits per heavy atom. The highest BCUT2D eigenvalue weighted by Crippen LogP contribution is 2.30. The molecule has 27 heavy (non-hydrogen) atoms. The molecule has 0 aliphatic rings. The summed E-state index contributed by atoms with van der Waals surface area (Å²) in [7, 11) is 3.64. The normalized spacial score (nSPS) is 10.9. The minimum atomic E-state index is -0.933. The molecule has 1 amide bonds. The van der Waals surface area contributed by atoms with E-state index < -0.39 is 28.9 Å². The number of fused-ring (bicyclic) bond motifs is 1. The van der Waals surface area contributed by atoms with E-state index in [-0.39, 0.29) is 24.1 Å². The second-order valence-electron chi connectivity index (χ2n) is 5.97. The van der Waals surface area contributed by atoms with Gasteiger partial charge in [-0.05, 0) is 44.4 Å². The van der Waals surface area contributed by atoms with Crippen LogP contribution in [0.25, 0.3) is 10.2 Å². The highest BCUT2D eigenvalue weighted by molar-refractivity contribution is 7.22. The molecule has 0 radical (unpaired) electrons. The lowest BCUT2D eigenvalue weighted by Gasteiger charge is -2.22. The van der Waals surface area contributed by atoms with Crippen LogP contribution in [-0.4, -0.2) is 43.0 Å². The number of nitrogens with zero attached hydrogens (tertiary/aromatic N) is 3. The molecule has 0 aliphatic heterocycles. The number of rotatable bonds is 5. The molecule has 4 nitrogen and oxygen atoms in total. The number of carbonyl (C=O) groups is 1. The van der Waals surface area contributed by atoms with Crippen molar-refractivity contribution in [2.45, 2.75) is 0 Å². The summed E-state index contributed by atoms with van der Waals surface area (Å²) in [6, 6.07) is 7.36. The molecule has 1 aromatic heterocycles. The number of thiazole rings is 1. The van der Waals surface area contributed by atoms with Crippen LogP contribution in [0.15, 0.2) is 36.4 Å². The predicted octanol–water partition coefficient (Wildman–Crippen LogP) is 4.34. The lowest BCUT2D eigenvalue weighted by molar-refractivity contribution is 0.0977. The van der Waals surface area contributed by atoms with Gasteiger partial charge in [-0.2, -0.15) is 0 Å². The Bertz CT molecular complexity index is 944. The molecule has 1 heterocycles. The van der Waals surface area contributed by atoms with Crippen molar-refractivity contribution in [3.8, 4) is 0 Å². The molecule has 0 atom stereocenters. The summed E-state index contributed by atoms with van der Waals surface area (Å²) >= 11 is 1.10. The number of halogens is 4. The Morgan fingerprint density at radius 2 is 1.74 bits per heavy atom. The summed E-state index contributed by atoms with van der Waals surface area (Å²) < 4.78 is 42.1. The van der Waals surface area contributed by atoms with Crippen LogP contribution in [0.5, 0.6) is 0 Å². The van der Waals surface area contributed by atoms with Crippen LogP contribution in [0.3, 0.4) is 0 Å². The molecule has 3 rings (SSSR count). The minimum absolute atomic E-state index is 0. The Hall–Kier alpha value is -2.16. The Kier molecular flexibility index (Phi) is 6.80. The summed E-state index contributed by atoms with van der Waals surface area (Å²) in [6.45, 7) is 0.647. The van der Waals surface area contributed by atoms with E-state index in [0.717, 1.165) is 23.5 Å². The zero-order valence-corrected chi connectivity index (χ0v) is 16.2. The van der Waals surface area contributed by atoms with E-state index in [0.29, 0.717) is 16.8 Å². The largest absolute Gasteiger partial charge is 0.308 e. The van der Waals surface area contributed by atoms with Gasteiger partial charge in [-0.25, -0.2) is 18.2 Å². The van der Waals surface area contributed by atoms with Crippen molar-refractivity contribution in [2.24, 2.45) is 0 Å². The van der Waals surface area contributed by atoms with Crippen LogP contribution in [0, 0.1) is 17.5 Å². The van der Waals surface area contributed by atoms with Crippen LogP contribution in [0.1, 0.15) is 10.4 Å². The molecular weight excluding hydrogens is 399 g/mol. The van der Waals surface area contributed by atoms with Crippen molar-refractivity contribution < 1.29 is 18.0 Å². The van der Waals surface area contributed by atoms with Gasteiger partial charge in [0.25, 0.3) is 5.91 Å². The van der Waals surface area contributed by atoms with Crippen molar-refractivity contribution in [3.63, 3.8) is 0 Å². The third-order valence-corrected chi connectivity index (χ3v) is 4.80. The predicted molar refractivity (Wildman–Crippen MR) is 103 cm³/mol. The lowest BCUT2D eigenvalue weighted by Crippen LogP contribution is -2.37. The molecule has 3 aromatic rings. The van der Waals surface area contributed by atoms with Gasteiger partial charge >= 0.3 is 0 Å². The minimum Gasteiger partial charge on any atom is -0.308 e. The highest BCUT2D eigenvalue weighted by Gasteiger charge is 2.26. The molecule has 0 unspecified atom stereocenters. The van der Waals surface area contributed by atoms with E-state index in [4.69, 9.17) is 0 Å². The van der Waals surface area contributed by atoms with Crippen LogP contribution in [0.4, 0.5) is 18.3 Å². The highest BCUT2D eigenvalue weighted by atomic mass is 35.5. The molecule has 2 aromatic carbocycles. The molecule has 0 saturated carbocycles. The number of hydrogen-bond donors (Lipinski definition) is 0. The van der Waals surface area contributed by atoms with Gasteiger partial charge in [0.2, 0.25) is 0 Å². The first-order valence-electron chi connectivity index (χ1n) is 7.83. The van der Waals surface area contributed by atoms with Crippen LogP contribution in [0.2, 0.25) is 0 Å². The number of benzene rings is 2.